The predicted octanol–water partition coefficient (Wildman–Crippen LogP) is 2.48. The molecule has 0 radical (unpaired) electrons. The molecule has 0 aromatic heterocycles. The Morgan fingerprint density at radius 3 is 2.28 bits per heavy atom. The van der Waals surface area contributed by atoms with Gasteiger partial charge in [0.05, 0.1) is 0 Å². The van der Waals surface area contributed by atoms with Crippen LogP contribution in [0.2, 0.25) is 0 Å². The molecule has 7 heteroatoms. The van der Waals surface area contributed by atoms with Crippen molar-refractivity contribution in [2.24, 2.45) is 0 Å². The van der Waals surface area contributed by atoms with E-state index in [1.54, 1.807) is 12.1 Å². The summed E-state index contributed by atoms with van der Waals surface area (Å²) in [4.78, 5) is 23.6. The highest BCUT2D eigenvalue weighted by Gasteiger charge is 2.06. The number of halogens is 1. The highest BCUT2D eigenvalue weighted by Crippen LogP contribution is 2.04. The fourth-order valence-corrected chi connectivity index (χ4v) is 1.97. The number of benzene rings is 2. The lowest BCUT2D eigenvalue weighted by atomic mass is 10.1. The van der Waals surface area contributed by atoms with Crippen molar-refractivity contribution in [2.45, 2.75) is 6.92 Å². The summed E-state index contributed by atoms with van der Waals surface area (Å²) in [6, 6.07) is 12.7. The smallest absolute Gasteiger partial charge is 0.269 e. The molecule has 0 bridgehead atoms. The Bertz CT molecular complexity index is 802. The zero-order valence-electron chi connectivity index (χ0n) is 13.4. The first-order chi connectivity index (χ1) is 11.9. The quantitative estimate of drug-likeness (QED) is 0.448. The van der Waals surface area contributed by atoms with Crippen molar-refractivity contribution in [3.05, 3.63) is 77.1 Å². The van der Waals surface area contributed by atoms with Crippen LogP contribution in [0, 0.1) is 12.7 Å². The minimum atomic E-state index is -0.480. The summed E-state index contributed by atoms with van der Waals surface area (Å²) >= 11 is 4.93. The molecular weight excluding hydrogens is 341 g/mol. The molecule has 128 valence electrons. The fraction of sp³-hybridized carbons (Fsp3) is 0.0556. The van der Waals surface area contributed by atoms with Crippen LogP contribution in [0.5, 0.6) is 0 Å². The lowest BCUT2D eigenvalue weighted by molar-refractivity contribution is -0.115. The fourth-order valence-electron chi connectivity index (χ4n) is 1.82. The summed E-state index contributed by atoms with van der Waals surface area (Å²) in [5, 5.41) is 2.34. The number of amides is 2. The van der Waals surface area contributed by atoms with Gasteiger partial charge in [-0.2, -0.15) is 0 Å². The van der Waals surface area contributed by atoms with Gasteiger partial charge < -0.3 is 0 Å². The number of hydrogen-bond acceptors (Lipinski definition) is 3. The van der Waals surface area contributed by atoms with Gasteiger partial charge in [0.15, 0.2) is 5.11 Å². The minimum absolute atomic E-state index is 0.0470. The first-order valence-electron chi connectivity index (χ1n) is 7.35. The van der Waals surface area contributed by atoms with Crippen LogP contribution in [0.25, 0.3) is 6.08 Å². The second kappa shape index (κ2) is 8.70. The molecule has 0 unspecified atom stereocenters. The van der Waals surface area contributed by atoms with Gasteiger partial charge in [0.25, 0.3) is 5.91 Å². The molecule has 0 aliphatic heterocycles. The third kappa shape index (κ3) is 6.15. The Morgan fingerprint density at radius 2 is 1.64 bits per heavy atom. The van der Waals surface area contributed by atoms with Gasteiger partial charge in [-0.15, -0.1) is 0 Å². The van der Waals surface area contributed by atoms with E-state index in [1.165, 1.54) is 36.4 Å². The van der Waals surface area contributed by atoms with E-state index >= 15 is 0 Å². The van der Waals surface area contributed by atoms with E-state index in [-0.39, 0.29) is 16.8 Å². The molecule has 0 aliphatic carbocycles. The Balaban J connectivity index is 1.79. The average Bonchev–Trinajstić information content (AvgIpc) is 2.60. The summed E-state index contributed by atoms with van der Waals surface area (Å²) in [6.07, 6.45) is 2.77. The van der Waals surface area contributed by atoms with Crippen molar-refractivity contribution in [2.75, 3.05) is 0 Å². The Hall–Kier alpha value is -3.06. The minimum Gasteiger partial charge on any atom is -0.298 e. The number of carbonyl (C=O) groups excluding carboxylic acids is 2. The number of hydrogen-bond donors (Lipinski definition) is 3. The molecular formula is C18H16FN3O2S. The van der Waals surface area contributed by atoms with Gasteiger partial charge in [-0.25, -0.2) is 4.39 Å². The van der Waals surface area contributed by atoms with Gasteiger partial charge in [0.2, 0.25) is 5.91 Å². The van der Waals surface area contributed by atoms with Gasteiger partial charge >= 0.3 is 0 Å². The van der Waals surface area contributed by atoms with Crippen LogP contribution >= 0.6 is 12.2 Å². The molecule has 2 rings (SSSR count). The Morgan fingerprint density at radius 1 is 1.00 bits per heavy atom. The number of rotatable bonds is 3. The van der Waals surface area contributed by atoms with Crippen molar-refractivity contribution in [1.29, 1.82) is 0 Å². The summed E-state index contributed by atoms with van der Waals surface area (Å²) < 4.78 is 12.8. The largest absolute Gasteiger partial charge is 0.298 e. The van der Waals surface area contributed by atoms with Crippen LogP contribution in [0.15, 0.2) is 54.6 Å². The van der Waals surface area contributed by atoms with E-state index < -0.39 is 5.91 Å². The number of hydrazine groups is 1. The summed E-state index contributed by atoms with van der Waals surface area (Å²) in [5.41, 5.74) is 7.01. The number of carbonyl (C=O) groups is 2. The third-order valence-electron chi connectivity index (χ3n) is 3.14. The molecule has 5 nitrogen and oxygen atoms in total. The molecule has 2 aromatic carbocycles. The van der Waals surface area contributed by atoms with Crippen molar-refractivity contribution in [3.8, 4) is 0 Å². The van der Waals surface area contributed by atoms with Crippen LogP contribution in [-0.4, -0.2) is 16.9 Å². The molecule has 25 heavy (non-hydrogen) atoms. The molecule has 0 aliphatic rings. The van der Waals surface area contributed by atoms with Crippen LogP contribution < -0.4 is 16.2 Å². The van der Waals surface area contributed by atoms with E-state index in [9.17, 15) is 14.0 Å². The van der Waals surface area contributed by atoms with Gasteiger partial charge in [-0.3, -0.25) is 25.8 Å². The topological polar surface area (TPSA) is 70.2 Å². The highest BCUT2D eigenvalue weighted by atomic mass is 32.1. The van der Waals surface area contributed by atoms with E-state index in [2.05, 4.69) is 16.2 Å². The summed E-state index contributed by atoms with van der Waals surface area (Å²) in [7, 11) is 0. The molecule has 0 atom stereocenters. The predicted molar refractivity (Wildman–Crippen MR) is 98.0 cm³/mol. The van der Waals surface area contributed by atoms with Crippen molar-refractivity contribution in [1.82, 2.24) is 16.2 Å². The van der Waals surface area contributed by atoms with Crippen molar-refractivity contribution in [3.63, 3.8) is 0 Å². The van der Waals surface area contributed by atoms with Crippen molar-refractivity contribution >= 4 is 35.2 Å². The maximum absolute atomic E-state index is 12.8. The van der Waals surface area contributed by atoms with Crippen molar-refractivity contribution < 1.29 is 14.0 Å². The third-order valence-corrected chi connectivity index (χ3v) is 3.34. The first kappa shape index (κ1) is 18.3. The number of nitrogens with one attached hydrogen (secondary N) is 3. The standard InChI is InChI=1S/C18H16FN3O2S/c1-12-2-7-14(8-3-12)17(24)21-22-18(25)20-16(23)11-6-13-4-9-15(19)10-5-13/h2-11H,1H3,(H,21,24)(H2,20,22,23,25). The summed E-state index contributed by atoms with van der Waals surface area (Å²) in [5.74, 6) is -1.21. The molecule has 3 N–H and O–H groups in total. The van der Waals surface area contributed by atoms with Gasteiger partial charge in [-0.1, -0.05) is 29.8 Å². The van der Waals surface area contributed by atoms with Gasteiger partial charge in [-0.05, 0) is 55.0 Å². The van der Waals surface area contributed by atoms with Gasteiger partial charge in [0, 0.05) is 11.6 Å². The number of aryl methyl sites for hydroxylation is 1. The van der Waals surface area contributed by atoms with Gasteiger partial charge in [0.1, 0.15) is 5.82 Å². The maximum atomic E-state index is 12.8. The van der Waals surface area contributed by atoms with Crippen LogP contribution in [0.3, 0.4) is 0 Å². The lowest BCUT2D eigenvalue weighted by Crippen LogP contribution is -2.48. The molecule has 2 aromatic rings. The molecule has 0 saturated carbocycles. The van der Waals surface area contributed by atoms with E-state index in [4.69, 9.17) is 12.2 Å². The Kier molecular flexibility index (Phi) is 6.36. The molecule has 0 heterocycles. The maximum Gasteiger partial charge on any atom is 0.269 e. The number of thiocarbonyl (C=S) groups is 1. The normalized spacial score (nSPS) is 10.3. The lowest BCUT2D eigenvalue weighted by Gasteiger charge is -2.09. The van der Waals surface area contributed by atoms with E-state index in [1.807, 2.05) is 19.1 Å². The second-order valence-electron chi connectivity index (χ2n) is 5.15. The molecule has 2 amide bonds. The molecule has 0 fully saturated rings. The first-order valence-corrected chi connectivity index (χ1v) is 7.76. The molecule has 0 spiro atoms. The van der Waals surface area contributed by atoms with E-state index in [0.29, 0.717) is 11.1 Å². The zero-order chi connectivity index (χ0) is 18.2. The second-order valence-corrected chi connectivity index (χ2v) is 5.56. The average molecular weight is 357 g/mol. The van der Waals surface area contributed by atoms with Crippen LogP contribution in [0.1, 0.15) is 21.5 Å². The molecule has 0 saturated heterocycles. The van der Waals surface area contributed by atoms with E-state index in [0.717, 1.165) is 5.56 Å². The zero-order valence-corrected chi connectivity index (χ0v) is 14.2. The monoisotopic (exact) mass is 357 g/mol. The highest BCUT2D eigenvalue weighted by molar-refractivity contribution is 7.80. The summed E-state index contributed by atoms with van der Waals surface area (Å²) in [6.45, 7) is 1.92. The Labute approximate surface area is 149 Å². The SMILES string of the molecule is Cc1ccc(C(=O)NNC(=S)NC(=O)C=Cc2ccc(F)cc2)cc1. The van der Waals surface area contributed by atoms with Crippen LogP contribution in [0.4, 0.5) is 4.39 Å². The van der Waals surface area contributed by atoms with Crippen LogP contribution in [-0.2, 0) is 4.79 Å².